The fourth-order valence-corrected chi connectivity index (χ4v) is 3.02. The second kappa shape index (κ2) is 9.58. The largest absolute Gasteiger partial charge is 0.345 e. The summed E-state index contributed by atoms with van der Waals surface area (Å²) in [7, 11) is -1.70. The molecule has 1 aromatic carbocycles. The first kappa shape index (κ1) is 18.6. The molecule has 0 unspecified atom stereocenters. The minimum Gasteiger partial charge on any atom is -0.345 e. The Hall–Kier alpha value is -1.40. The van der Waals surface area contributed by atoms with E-state index in [-0.39, 0.29) is 18.2 Å². The predicted octanol–water partition coefficient (Wildman–Crippen LogP) is 1.80. The van der Waals surface area contributed by atoms with Gasteiger partial charge in [0.05, 0.1) is 12.3 Å². The molecule has 0 atom stereocenters. The third-order valence-corrected chi connectivity index (χ3v) is 4.85. The van der Waals surface area contributed by atoms with Crippen molar-refractivity contribution in [3.8, 4) is 0 Å². The zero-order valence-corrected chi connectivity index (χ0v) is 14.2. The molecule has 1 aromatic rings. The van der Waals surface area contributed by atoms with Crippen LogP contribution in [0.4, 0.5) is 0 Å². The number of benzene rings is 1. The van der Waals surface area contributed by atoms with Crippen LogP contribution in [0.3, 0.4) is 0 Å². The summed E-state index contributed by atoms with van der Waals surface area (Å²) in [5, 5.41) is 0. The second-order valence-electron chi connectivity index (χ2n) is 5.40. The molecule has 0 spiro atoms. The lowest BCUT2D eigenvalue weighted by Crippen LogP contribution is -2.39. The number of nitrogens with zero attached hydrogens (tertiary/aromatic N) is 1. The number of likely N-dealkylation sites (N-methyl/N-ethyl adjacent to an activating group) is 1. The van der Waals surface area contributed by atoms with Crippen molar-refractivity contribution in [2.45, 2.75) is 32.6 Å². The quantitative estimate of drug-likeness (QED) is 0.713. The molecule has 0 saturated carbocycles. The summed E-state index contributed by atoms with van der Waals surface area (Å²) in [6.07, 6.45) is 3.18. The van der Waals surface area contributed by atoms with Crippen molar-refractivity contribution in [3.63, 3.8) is 0 Å². The number of carbonyl (C=O) groups is 1. The Kier molecular flexibility index (Phi) is 8.12. The number of nitrogens with one attached hydrogen (secondary N) is 1. The lowest BCUT2D eigenvalue weighted by atomic mass is 10.1. The molecule has 5 nitrogen and oxygen atoms in total. The van der Waals surface area contributed by atoms with Crippen LogP contribution >= 0.6 is 0 Å². The normalized spacial score (nSPS) is 11.4. The maximum absolute atomic E-state index is 11.9. The summed E-state index contributed by atoms with van der Waals surface area (Å²) in [5.41, 5.74) is 1.12. The Morgan fingerprint density at radius 2 is 1.86 bits per heavy atom. The van der Waals surface area contributed by atoms with Crippen LogP contribution < -0.4 is 4.72 Å². The molecule has 0 radical (unpaired) electrons. The lowest BCUT2D eigenvalue weighted by Gasteiger charge is -2.17. The van der Waals surface area contributed by atoms with Gasteiger partial charge in [-0.1, -0.05) is 43.7 Å². The number of amides is 1. The predicted molar refractivity (Wildman–Crippen MR) is 89.1 cm³/mol. The molecule has 0 aromatic heterocycles. The number of unbranched alkanes of at least 4 members (excludes halogenated alkanes) is 1. The maximum atomic E-state index is 11.9. The monoisotopic (exact) mass is 326 g/mol. The van der Waals surface area contributed by atoms with Gasteiger partial charge in [-0.15, -0.1) is 0 Å². The van der Waals surface area contributed by atoms with Gasteiger partial charge in [0.1, 0.15) is 0 Å². The van der Waals surface area contributed by atoms with Gasteiger partial charge >= 0.3 is 0 Å². The highest BCUT2D eigenvalue weighted by Gasteiger charge is 2.14. The van der Waals surface area contributed by atoms with E-state index in [2.05, 4.69) is 4.72 Å². The van der Waals surface area contributed by atoms with Gasteiger partial charge in [-0.2, -0.15) is 0 Å². The van der Waals surface area contributed by atoms with E-state index in [1.54, 1.807) is 11.9 Å². The van der Waals surface area contributed by atoms with Crippen LogP contribution in [0.1, 0.15) is 31.7 Å². The standard InChI is InChI=1S/C16H26N2O3S/c1-3-4-12-18(2)16(19)14-17-22(20,21)13-8-11-15-9-6-5-7-10-15/h5-7,9-10,17H,3-4,8,11-14H2,1-2H3. The van der Waals surface area contributed by atoms with Crippen molar-refractivity contribution >= 4 is 15.9 Å². The van der Waals surface area contributed by atoms with E-state index in [1.165, 1.54) is 0 Å². The van der Waals surface area contributed by atoms with Crippen LogP contribution in [0.25, 0.3) is 0 Å². The number of rotatable bonds is 10. The third-order valence-electron chi connectivity index (χ3n) is 3.44. The molecule has 6 heteroatoms. The zero-order chi connectivity index (χ0) is 16.4. The van der Waals surface area contributed by atoms with Gasteiger partial charge in [0.2, 0.25) is 15.9 Å². The van der Waals surface area contributed by atoms with E-state index < -0.39 is 10.0 Å². The van der Waals surface area contributed by atoms with E-state index in [4.69, 9.17) is 0 Å². The first-order chi connectivity index (χ1) is 10.4. The first-order valence-electron chi connectivity index (χ1n) is 7.70. The molecule has 0 aliphatic carbocycles. The van der Waals surface area contributed by atoms with Gasteiger partial charge in [-0.05, 0) is 24.8 Å². The van der Waals surface area contributed by atoms with Crippen LogP contribution in [-0.4, -0.2) is 45.1 Å². The van der Waals surface area contributed by atoms with Crippen LogP contribution in [0.2, 0.25) is 0 Å². The highest BCUT2D eigenvalue weighted by atomic mass is 32.2. The molecule has 1 amide bonds. The zero-order valence-electron chi connectivity index (χ0n) is 13.4. The molecule has 124 valence electrons. The van der Waals surface area contributed by atoms with Crippen molar-refractivity contribution in [1.82, 2.24) is 9.62 Å². The Labute approximate surface area is 133 Å². The fourth-order valence-electron chi connectivity index (χ4n) is 2.01. The average molecular weight is 326 g/mol. The third kappa shape index (κ3) is 7.56. The molecule has 0 heterocycles. The van der Waals surface area contributed by atoms with Crippen LogP contribution in [0, 0.1) is 0 Å². The minimum atomic E-state index is -3.40. The fraction of sp³-hybridized carbons (Fsp3) is 0.562. The lowest BCUT2D eigenvalue weighted by molar-refractivity contribution is -0.128. The van der Waals surface area contributed by atoms with Crippen LogP contribution in [0.5, 0.6) is 0 Å². The van der Waals surface area contributed by atoms with E-state index in [1.807, 2.05) is 37.3 Å². The van der Waals surface area contributed by atoms with Gasteiger partial charge in [-0.3, -0.25) is 4.79 Å². The SMILES string of the molecule is CCCCN(C)C(=O)CNS(=O)(=O)CCCc1ccccc1. The number of carbonyl (C=O) groups excluding carboxylic acids is 1. The summed E-state index contributed by atoms with van der Waals surface area (Å²) < 4.78 is 26.1. The van der Waals surface area contributed by atoms with Crippen molar-refractivity contribution in [1.29, 1.82) is 0 Å². The van der Waals surface area contributed by atoms with E-state index in [0.717, 1.165) is 18.4 Å². The Balaban J connectivity index is 2.30. The number of hydrogen-bond acceptors (Lipinski definition) is 3. The molecule has 0 aliphatic rings. The second-order valence-corrected chi connectivity index (χ2v) is 7.32. The molecule has 0 saturated heterocycles. The molecule has 0 aliphatic heterocycles. The van der Waals surface area contributed by atoms with Crippen molar-refractivity contribution < 1.29 is 13.2 Å². The summed E-state index contributed by atoms with van der Waals surface area (Å²) in [6, 6.07) is 9.76. The van der Waals surface area contributed by atoms with Crippen molar-refractivity contribution in [2.24, 2.45) is 0 Å². The number of aryl methyl sites for hydroxylation is 1. The highest BCUT2D eigenvalue weighted by Crippen LogP contribution is 2.03. The molecule has 22 heavy (non-hydrogen) atoms. The van der Waals surface area contributed by atoms with Crippen molar-refractivity contribution in [2.75, 3.05) is 25.9 Å². The Morgan fingerprint density at radius 3 is 2.50 bits per heavy atom. The average Bonchev–Trinajstić information content (AvgIpc) is 2.51. The van der Waals surface area contributed by atoms with Crippen LogP contribution in [-0.2, 0) is 21.2 Å². The molecular weight excluding hydrogens is 300 g/mol. The molecular formula is C16H26N2O3S. The first-order valence-corrected chi connectivity index (χ1v) is 9.35. The summed E-state index contributed by atoms with van der Waals surface area (Å²) in [6.45, 7) is 2.55. The summed E-state index contributed by atoms with van der Waals surface area (Å²) in [5.74, 6) is -0.159. The Morgan fingerprint density at radius 1 is 1.18 bits per heavy atom. The molecule has 1 rings (SSSR count). The number of sulfonamides is 1. The highest BCUT2D eigenvalue weighted by molar-refractivity contribution is 7.89. The minimum absolute atomic E-state index is 0.0356. The van der Waals surface area contributed by atoms with Gasteiger partial charge in [0, 0.05) is 13.6 Å². The Bertz CT molecular complexity index is 544. The molecule has 1 N–H and O–H groups in total. The summed E-state index contributed by atoms with van der Waals surface area (Å²) >= 11 is 0. The van der Waals surface area contributed by atoms with E-state index in [0.29, 0.717) is 19.4 Å². The van der Waals surface area contributed by atoms with Gasteiger partial charge in [0.25, 0.3) is 0 Å². The molecule has 0 bridgehead atoms. The smallest absolute Gasteiger partial charge is 0.237 e. The van der Waals surface area contributed by atoms with E-state index in [9.17, 15) is 13.2 Å². The molecule has 0 fully saturated rings. The van der Waals surface area contributed by atoms with Gasteiger partial charge in [-0.25, -0.2) is 13.1 Å². The number of hydrogen-bond donors (Lipinski definition) is 1. The topological polar surface area (TPSA) is 66.5 Å². The summed E-state index contributed by atoms with van der Waals surface area (Å²) in [4.78, 5) is 13.4. The van der Waals surface area contributed by atoms with Gasteiger partial charge in [0.15, 0.2) is 0 Å². The van der Waals surface area contributed by atoms with E-state index >= 15 is 0 Å². The van der Waals surface area contributed by atoms with Gasteiger partial charge < -0.3 is 4.90 Å². The van der Waals surface area contributed by atoms with Crippen molar-refractivity contribution in [3.05, 3.63) is 35.9 Å². The van der Waals surface area contributed by atoms with Crippen LogP contribution in [0.15, 0.2) is 30.3 Å². The maximum Gasteiger partial charge on any atom is 0.237 e.